The molecule has 2 N–H and O–H groups in total. The van der Waals surface area contributed by atoms with E-state index in [9.17, 15) is 9.59 Å². The Morgan fingerprint density at radius 1 is 1.22 bits per heavy atom. The number of aryl methyl sites for hydroxylation is 1. The van der Waals surface area contributed by atoms with Crippen LogP contribution in [0.4, 0.5) is 5.69 Å². The van der Waals surface area contributed by atoms with E-state index in [1.54, 1.807) is 7.05 Å². The maximum atomic E-state index is 12.4. The van der Waals surface area contributed by atoms with Crippen molar-refractivity contribution in [3.05, 3.63) is 29.8 Å². The molecule has 1 aliphatic heterocycles. The molecule has 0 saturated carbocycles. The Bertz CT molecular complexity index is 534. The van der Waals surface area contributed by atoms with Gasteiger partial charge in [0.1, 0.15) is 0 Å². The molecule has 0 aliphatic carbocycles. The minimum Gasteiger partial charge on any atom is -0.359 e. The highest BCUT2D eigenvalue weighted by atomic mass is 16.2. The van der Waals surface area contributed by atoms with Crippen LogP contribution >= 0.6 is 0 Å². The summed E-state index contributed by atoms with van der Waals surface area (Å²) in [4.78, 5) is 26.2. The number of hydrogen-bond donors (Lipinski definition) is 2. The highest BCUT2D eigenvalue weighted by Gasteiger charge is 2.29. The molecule has 1 aromatic carbocycles. The molecule has 1 saturated heterocycles. The number of carbonyl (C=O) groups is 2. The summed E-state index contributed by atoms with van der Waals surface area (Å²) < 4.78 is 0. The number of nitrogens with one attached hydrogen (secondary N) is 2. The van der Waals surface area contributed by atoms with Crippen LogP contribution in [0.1, 0.15) is 32.3 Å². The van der Waals surface area contributed by atoms with Crippen molar-refractivity contribution in [2.75, 3.05) is 25.5 Å². The minimum absolute atomic E-state index is 0.00708. The van der Waals surface area contributed by atoms with E-state index in [2.05, 4.69) is 22.5 Å². The summed E-state index contributed by atoms with van der Waals surface area (Å²) in [6.07, 6.45) is 2.61. The van der Waals surface area contributed by atoms with Crippen LogP contribution in [0.5, 0.6) is 0 Å². The van der Waals surface area contributed by atoms with Gasteiger partial charge in [-0.05, 0) is 57.0 Å². The van der Waals surface area contributed by atoms with E-state index in [1.165, 1.54) is 5.56 Å². The number of piperidine rings is 1. The van der Waals surface area contributed by atoms with Gasteiger partial charge in [-0.25, -0.2) is 0 Å². The average molecular weight is 317 g/mol. The first-order valence-electron chi connectivity index (χ1n) is 8.40. The Kier molecular flexibility index (Phi) is 6.16. The van der Waals surface area contributed by atoms with E-state index in [4.69, 9.17) is 0 Å². The van der Waals surface area contributed by atoms with Crippen molar-refractivity contribution < 1.29 is 9.59 Å². The second-order valence-corrected chi connectivity index (χ2v) is 6.14. The van der Waals surface area contributed by atoms with Gasteiger partial charge in [0.15, 0.2) is 0 Å². The zero-order valence-electron chi connectivity index (χ0n) is 14.3. The Labute approximate surface area is 138 Å². The van der Waals surface area contributed by atoms with Crippen molar-refractivity contribution in [1.82, 2.24) is 10.2 Å². The van der Waals surface area contributed by atoms with Gasteiger partial charge in [0.25, 0.3) is 0 Å². The van der Waals surface area contributed by atoms with E-state index in [1.807, 2.05) is 31.2 Å². The van der Waals surface area contributed by atoms with Gasteiger partial charge in [0.05, 0.1) is 6.04 Å². The topological polar surface area (TPSA) is 61.4 Å². The molecule has 5 nitrogen and oxygen atoms in total. The molecule has 1 fully saturated rings. The lowest BCUT2D eigenvalue weighted by atomic mass is 9.95. The number of likely N-dealkylation sites (tertiary alicyclic amines) is 1. The molecule has 5 heteroatoms. The molecule has 2 amide bonds. The lowest BCUT2D eigenvalue weighted by Crippen LogP contribution is -2.47. The maximum Gasteiger partial charge on any atom is 0.241 e. The Morgan fingerprint density at radius 3 is 2.35 bits per heavy atom. The molecule has 2 rings (SSSR count). The summed E-state index contributed by atoms with van der Waals surface area (Å²) in [5, 5.41) is 5.68. The largest absolute Gasteiger partial charge is 0.359 e. The van der Waals surface area contributed by atoms with Crippen molar-refractivity contribution in [2.45, 2.75) is 39.2 Å². The molecular formula is C18H27N3O2. The van der Waals surface area contributed by atoms with Crippen LogP contribution in [-0.4, -0.2) is 42.9 Å². The van der Waals surface area contributed by atoms with E-state index < -0.39 is 0 Å². The van der Waals surface area contributed by atoms with Crippen LogP contribution in [0.15, 0.2) is 24.3 Å². The van der Waals surface area contributed by atoms with Gasteiger partial charge in [-0.3, -0.25) is 14.5 Å². The molecule has 0 spiro atoms. The zero-order chi connectivity index (χ0) is 16.8. The van der Waals surface area contributed by atoms with Crippen LogP contribution in [0, 0.1) is 5.92 Å². The SMILES string of the molecule is CCc1ccc(NC(=O)C(C)N2CCC(C(=O)NC)CC2)cc1. The molecule has 1 aliphatic rings. The van der Waals surface area contributed by atoms with Gasteiger partial charge in [-0.1, -0.05) is 19.1 Å². The minimum atomic E-state index is -0.188. The Balaban J connectivity index is 1.86. The summed E-state index contributed by atoms with van der Waals surface area (Å²) in [5.74, 6) is 0.193. The highest BCUT2D eigenvalue weighted by Crippen LogP contribution is 2.20. The number of amides is 2. The third-order valence-corrected chi connectivity index (χ3v) is 4.70. The Morgan fingerprint density at radius 2 is 1.83 bits per heavy atom. The van der Waals surface area contributed by atoms with E-state index in [0.717, 1.165) is 38.0 Å². The van der Waals surface area contributed by atoms with Crippen molar-refractivity contribution in [3.8, 4) is 0 Å². The fourth-order valence-electron chi connectivity index (χ4n) is 2.99. The fraction of sp³-hybridized carbons (Fsp3) is 0.556. The molecule has 1 unspecified atom stereocenters. The lowest BCUT2D eigenvalue weighted by molar-refractivity contribution is -0.126. The number of anilines is 1. The van der Waals surface area contributed by atoms with Crippen LogP contribution in [0.2, 0.25) is 0 Å². The zero-order valence-corrected chi connectivity index (χ0v) is 14.3. The van der Waals surface area contributed by atoms with Gasteiger partial charge in [-0.15, -0.1) is 0 Å². The average Bonchev–Trinajstić information content (AvgIpc) is 2.61. The first kappa shape index (κ1) is 17.5. The molecule has 1 aromatic rings. The standard InChI is InChI=1S/C18H27N3O2/c1-4-14-5-7-16(8-6-14)20-17(22)13(2)21-11-9-15(10-12-21)18(23)19-3/h5-8,13,15H,4,9-12H2,1-3H3,(H,19,23)(H,20,22). The first-order chi connectivity index (χ1) is 11.0. The van der Waals surface area contributed by atoms with E-state index >= 15 is 0 Å². The second-order valence-electron chi connectivity index (χ2n) is 6.14. The van der Waals surface area contributed by atoms with Crippen molar-refractivity contribution in [3.63, 3.8) is 0 Å². The summed E-state index contributed by atoms with van der Waals surface area (Å²) in [5.41, 5.74) is 2.09. The van der Waals surface area contributed by atoms with Gasteiger partial charge >= 0.3 is 0 Å². The van der Waals surface area contributed by atoms with E-state index in [-0.39, 0.29) is 23.8 Å². The third-order valence-electron chi connectivity index (χ3n) is 4.70. The van der Waals surface area contributed by atoms with Gasteiger partial charge in [0, 0.05) is 18.7 Å². The van der Waals surface area contributed by atoms with Crippen molar-refractivity contribution in [1.29, 1.82) is 0 Å². The van der Waals surface area contributed by atoms with Crippen molar-refractivity contribution >= 4 is 17.5 Å². The third kappa shape index (κ3) is 4.55. The molecule has 126 valence electrons. The molecule has 0 radical (unpaired) electrons. The normalized spacial score (nSPS) is 17.5. The predicted octanol–water partition coefficient (Wildman–Crippen LogP) is 2.03. The lowest BCUT2D eigenvalue weighted by Gasteiger charge is -2.34. The molecule has 0 aromatic heterocycles. The summed E-state index contributed by atoms with van der Waals surface area (Å²) in [6.45, 7) is 5.59. The van der Waals surface area contributed by atoms with Crippen LogP contribution in [0.3, 0.4) is 0 Å². The smallest absolute Gasteiger partial charge is 0.241 e. The molecular weight excluding hydrogens is 290 g/mol. The van der Waals surface area contributed by atoms with Crippen LogP contribution in [0.25, 0.3) is 0 Å². The van der Waals surface area contributed by atoms with Crippen LogP contribution < -0.4 is 10.6 Å². The maximum absolute atomic E-state index is 12.4. The van der Waals surface area contributed by atoms with Gasteiger partial charge < -0.3 is 10.6 Å². The van der Waals surface area contributed by atoms with Crippen molar-refractivity contribution in [2.24, 2.45) is 5.92 Å². The number of nitrogens with zero attached hydrogens (tertiary/aromatic N) is 1. The number of carbonyl (C=O) groups excluding carboxylic acids is 2. The first-order valence-corrected chi connectivity index (χ1v) is 8.40. The number of benzene rings is 1. The fourth-order valence-corrected chi connectivity index (χ4v) is 2.99. The van der Waals surface area contributed by atoms with Gasteiger partial charge in [0.2, 0.25) is 11.8 Å². The monoisotopic (exact) mass is 317 g/mol. The number of rotatable bonds is 5. The molecule has 0 bridgehead atoms. The summed E-state index contributed by atoms with van der Waals surface area (Å²) in [6, 6.07) is 7.78. The quantitative estimate of drug-likeness (QED) is 0.873. The summed E-state index contributed by atoms with van der Waals surface area (Å²) >= 11 is 0. The van der Waals surface area contributed by atoms with Gasteiger partial charge in [-0.2, -0.15) is 0 Å². The summed E-state index contributed by atoms with van der Waals surface area (Å²) in [7, 11) is 1.68. The molecule has 23 heavy (non-hydrogen) atoms. The van der Waals surface area contributed by atoms with Crippen LogP contribution in [-0.2, 0) is 16.0 Å². The Hall–Kier alpha value is -1.88. The second kappa shape index (κ2) is 8.11. The number of hydrogen-bond acceptors (Lipinski definition) is 3. The van der Waals surface area contributed by atoms with E-state index in [0.29, 0.717) is 0 Å². The molecule has 1 atom stereocenters. The molecule has 1 heterocycles. The highest BCUT2D eigenvalue weighted by molar-refractivity contribution is 5.94. The predicted molar refractivity (Wildman–Crippen MR) is 92.3 cm³/mol.